The molecule has 1 saturated heterocycles. The number of alkyl carbamates (subject to hydrolysis) is 1. The van der Waals surface area contributed by atoms with E-state index in [1.165, 1.54) is 18.1 Å². The molecule has 0 radical (unpaired) electrons. The number of carbonyl (C=O) groups excluding carboxylic acids is 4. The molecule has 260 valence electrons. The summed E-state index contributed by atoms with van der Waals surface area (Å²) < 4.78 is 26.3. The summed E-state index contributed by atoms with van der Waals surface area (Å²) in [7, 11) is 3.28. The molecule has 0 bridgehead atoms. The number of carbonyl (C=O) groups is 4. The van der Waals surface area contributed by atoms with Crippen LogP contribution < -0.4 is 10.1 Å². The Hall–Kier alpha value is -4.41. The number of methoxy groups -OCH3 is 1. The molecule has 10 nitrogen and oxygen atoms in total. The summed E-state index contributed by atoms with van der Waals surface area (Å²) in [4.78, 5) is 56.4. The zero-order chi connectivity index (χ0) is 35.0. The van der Waals surface area contributed by atoms with Crippen molar-refractivity contribution in [2.45, 2.75) is 65.9 Å². The van der Waals surface area contributed by atoms with Gasteiger partial charge in [0.25, 0.3) is 17.6 Å². The number of hydrogen-bond acceptors (Lipinski definition) is 6. The van der Waals surface area contributed by atoms with Gasteiger partial charge in [-0.3, -0.25) is 14.4 Å². The number of likely N-dealkylation sites (tertiary alicyclic amines) is 1. The Morgan fingerprint density at radius 3 is 2.50 bits per heavy atom. The molecule has 0 saturated carbocycles. The lowest BCUT2D eigenvalue weighted by atomic mass is 9.86. The highest BCUT2D eigenvalue weighted by atomic mass is 19.1. The standard InChI is InChI=1S/C37H49FN4O6/c1-7-8-14-41(17-13-39-37(46)48-24(2)3)36(45)34(43)31-23-40(5)32-22-33(47-6)30(21-29(31)32)35(44)42-15-11-26(12-16-42)20-27-9-10-28(38)19-25(4)18-27/h9-10,18-19,21-24,26-27H,7-8,11-17,20H2,1-6H3,(H,39,46). The number of fused-ring (bicyclic) bond motifs is 1. The molecule has 1 aromatic carbocycles. The van der Waals surface area contributed by atoms with Crippen molar-refractivity contribution in [2.75, 3.05) is 39.8 Å². The smallest absolute Gasteiger partial charge is 0.407 e. The van der Waals surface area contributed by atoms with Crippen LogP contribution in [0.1, 0.15) is 80.5 Å². The number of piperidine rings is 1. The van der Waals surface area contributed by atoms with Crippen molar-refractivity contribution in [3.05, 3.63) is 65.2 Å². The molecule has 4 rings (SSSR count). The third-order valence-corrected chi connectivity index (χ3v) is 8.90. The minimum Gasteiger partial charge on any atom is -0.496 e. The van der Waals surface area contributed by atoms with Gasteiger partial charge in [-0.25, -0.2) is 9.18 Å². The molecular weight excluding hydrogens is 615 g/mol. The van der Waals surface area contributed by atoms with Crippen molar-refractivity contribution in [1.29, 1.82) is 0 Å². The predicted octanol–water partition coefficient (Wildman–Crippen LogP) is 6.36. The van der Waals surface area contributed by atoms with Crippen molar-refractivity contribution in [2.24, 2.45) is 18.9 Å². The van der Waals surface area contributed by atoms with Crippen LogP contribution in [0.5, 0.6) is 5.75 Å². The molecule has 2 aromatic rings. The zero-order valence-corrected chi connectivity index (χ0v) is 29.0. The number of ether oxygens (including phenoxy) is 2. The molecule has 1 aromatic heterocycles. The van der Waals surface area contributed by atoms with Gasteiger partial charge in [0, 0.05) is 57.4 Å². The molecular formula is C37H49FN4O6. The minimum absolute atomic E-state index is 0.139. The van der Waals surface area contributed by atoms with Gasteiger partial charge in [0.1, 0.15) is 11.6 Å². The van der Waals surface area contributed by atoms with Crippen molar-refractivity contribution in [3.63, 3.8) is 0 Å². The van der Waals surface area contributed by atoms with Gasteiger partial charge in [-0.2, -0.15) is 0 Å². The summed E-state index contributed by atoms with van der Waals surface area (Å²) >= 11 is 0. The van der Waals surface area contributed by atoms with E-state index < -0.39 is 17.8 Å². The van der Waals surface area contributed by atoms with E-state index in [0.717, 1.165) is 31.3 Å². The van der Waals surface area contributed by atoms with Gasteiger partial charge in [0.15, 0.2) is 0 Å². The molecule has 11 heteroatoms. The van der Waals surface area contributed by atoms with Crippen molar-refractivity contribution in [3.8, 4) is 5.75 Å². The van der Waals surface area contributed by atoms with Crippen LogP contribution in [0.15, 0.2) is 54.0 Å². The quantitative estimate of drug-likeness (QED) is 0.197. The Morgan fingerprint density at radius 2 is 1.83 bits per heavy atom. The normalized spacial score (nSPS) is 16.8. The molecule has 0 spiro atoms. The van der Waals surface area contributed by atoms with E-state index in [2.05, 4.69) is 11.4 Å². The van der Waals surface area contributed by atoms with Crippen LogP contribution in [0.4, 0.5) is 9.18 Å². The number of unbranched alkanes of at least 4 members (excludes halogenated alkanes) is 1. The zero-order valence-electron chi connectivity index (χ0n) is 29.0. The van der Waals surface area contributed by atoms with Crippen molar-refractivity contribution < 1.29 is 33.0 Å². The Morgan fingerprint density at radius 1 is 1.10 bits per heavy atom. The van der Waals surface area contributed by atoms with Crippen molar-refractivity contribution in [1.82, 2.24) is 19.7 Å². The second-order valence-electron chi connectivity index (χ2n) is 13.0. The summed E-state index contributed by atoms with van der Waals surface area (Å²) in [5, 5.41) is 3.13. The molecule has 3 amide bonds. The summed E-state index contributed by atoms with van der Waals surface area (Å²) in [6.45, 7) is 9.18. The molecule has 2 heterocycles. The lowest BCUT2D eigenvalue weighted by molar-refractivity contribution is -0.126. The van der Waals surface area contributed by atoms with Crippen LogP contribution in [-0.4, -0.2) is 84.0 Å². The fourth-order valence-corrected chi connectivity index (χ4v) is 6.39. The van der Waals surface area contributed by atoms with Crippen molar-refractivity contribution >= 4 is 34.6 Å². The summed E-state index contributed by atoms with van der Waals surface area (Å²) in [6.07, 6.45) is 11.9. The number of ketones is 1. The van der Waals surface area contributed by atoms with E-state index in [1.54, 1.807) is 49.9 Å². The molecule has 1 unspecified atom stereocenters. The molecule has 48 heavy (non-hydrogen) atoms. The minimum atomic E-state index is -0.683. The fourth-order valence-electron chi connectivity index (χ4n) is 6.39. The first kappa shape index (κ1) is 36.4. The second-order valence-corrected chi connectivity index (χ2v) is 13.0. The Labute approximate surface area is 282 Å². The topological polar surface area (TPSA) is 110 Å². The highest BCUT2D eigenvalue weighted by Gasteiger charge is 2.30. The van der Waals surface area contributed by atoms with Crippen LogP contribution in [0, 0.1) is 11.8 Å². The van der Waals surface area contributed by atoms with Gasteiger partial charge in [0.05, 0.1) is 29.9 Å². The molecule has 1 atom stereocenters. The average molecular weight is 665 g/mol. The SMILES string of the molecule is CCCCN(CCNC(=O)OC(C)C)C(=O)C(=O)c1cn(C)c2cc(OC)c(C(=O)N3CCC(CC4C=CC(F)=CC(C)=C4)CC3)cc12. The predicted molar refractivity (Wildman–Crippen MR) is 184 cm³/mol. The Bertz CT molecular complexity index is 1600. The van der Waals surface area contributed by atoms with Gasteiger partial charge in [-0.1, -0.05) is 31.1 Å². The fraction of sp³-hybridized carbons (Fsp3) is 0.514. The lowest BCUT2D eigenvalue weighted by Crippen LogP contribution is -2.42. The van der Waals surface area contributed by atoms with Gasteiger partial charge >= 0.3 is 6.09 Å². The number of aryl methyl sites for hydroxylation is 1. The van der Waals surface area contributed by atoms with E-state index in [0.29, 0.717) is 54.2 Å². The second kappa shape index (κ2) is 16.6. The van der Waals surface area contributed by atoms with Gasteiger partial charge < -0.3 is 29.2 Å². The van der Waals surface area contributed by atoms with Crippen LogP contribution in [0.2, 0.25) is 0 Å². The number of nitrogens with zero attached hydrogens (tertiary/aromatic N) is 3. The number of rotatable bonds is 13. The average Bonchev–Trinajstić information content (AvgIpc) is 3.28. The Kier molecular flexibility index (Phi) is 12.6. The number of Topliss-reactive ketones (excluding diaryl/α,β-unsaturated/α-hetero) is 1. The van der Waals surface area contributed by atoms with Gasteiger partial charge in [0.2, 0.25) is 0 Å². The van der Waals surface area contributed by atoms with E-state index in [4.69, 9.17) is 9.47 Å². The third kappa shape index (κ3) is 9.14. The third-order valence-electron chi connectivity index (χ3n) is 8.90. The van der Waals surface area contributed by atoms with Gasteiger partial charge in [-0.15, -0.1) is 0 Å². The lowest BCUT2D eigenvalue weighted by Gasteiger charge is -2.33. The monoisotopic (exact) mass is 664 g/mol. The highest BCUT2D eigenvalue weighted by Crippen LogP contribution is 2.33. The number of aromatic nitrogens is 1. The summed E-state index contributed by atoms with van der Waals surface area (Å²) in [5.74, 6) is -0.849. The largest absolute Gasteiger partial charge is 0.496 e. The number of amides is 3. The van der Waals surface area contributed by atoms with E-state index in [-0.39, 0.29) is 42.4 Å². The van der Waals surface area contributed by atoms with Gasteiger partial charge in [-0.05, 0) is 76.5 Å². The maximum absolute atomic E-state index is 13.9. The Balaban J connectivity index is 1.50. The van der Waals surface area contributed by atoms with Crippen LogP contribution in [-0.2, 0) is 16.6 Å². The number of nitrogens with one attached hydrogen (secondary N) is 1. The highest BCUT2D eigenvalue weighted by molar-refractivity contribution is 6.45. The number of halogens is 1. The maximum atomic E-state index is 13.9. The number of hydrogen-bond donors (Lipinski definition) is 1. The molecule has 1 N–H and O–H groups in total. The first-order valence-electron chi connectivity index (χ1n) is 16.9. The molecule has 1 fully saturated rings. The van der Waals surface area contributed by atoms with Crippen LogP contribution in [0.25, 0.3) is 10.9 Å². The van der Waals surface area contributed by atoms with E-state index in [9.17, 15) is 23.6 Å². The summed E-state index contributed by atoms with van der Waals surface area (Å²) in [6, 6.07) is 3.39. The van der Waals surface area contributed by atoms with Crippen LogP contribution in [0.3, 0.4) is 0 Å². The molecule has 1 aliphatic heterocycles. The van der Waals surface area contributed by atoms with Crippen LogP contribution >= 0.6 is 0 Å². The summed E-state index contributed by atoms with van der Waals surface area (Å²) in [5.41, 5.74) is 2.10. The first-order chi connectivity index (χ1) is 22.9. The first-order valence-corrected chi connectivity index (χ1v) is 16.9. The number of benzene rings is 1. The van der Waals surface area contributed by atoms with E-state index >= 15 is 0 Å². The number of allylic oxidation sites excluding steroid dienone is 6. The molecule has 1 aliphatic carbocycles. The maximum Gasteiger partial charge on any atom is 0.407 e. The van der Waals surface area contributed by atoms with E-state index in [1.807, 2.05) is 24.8 Å². The molecule has 2 aliphatic rings.